The number of rotatable bonds is 5. The first kappa shape index (κ1) is 14.0. The first-order valence-electron chi connectivity index (χ1n) is 6.03. The van der Waals surface area contributed by atoms with E-state index in [9.17, 15) is 4.79 Å². The van der Waals surface area contributed by atoms with Crippen LogP contribution in [0.2, 0.25) is 0 Å². The summed E-state index contributed by atoms with van der Waals surface area (Å²) in [6, 6.07) is 7.28. The molecule has 0 aliphatic heterocycles. The Morgan fingerprint density at radius 3 is 2.60 bits per heavy atom. The summed E-state index contributed by atoms with van der Waals surface area (Å²) < 4.78 is 11.2. The molecule has 2 aromatic rings. The third kappa shape index (κ3) is 2.77. The van der Waals surface area contributed by atoms with E-state index in [-0.39, 0.29) is 11.9 Å². The predicted octanol–water partition coefficient (Wildman–Crippen LogP) is 0.621. The van der Waals surface area contributed by atoms with Gasteiger partial charge in [0.05, 0.1) is 20.3 Å². The number of methoxy groups -OCH3 is 2. The van der Waals surface area contributed by atoms with Crippen LogP contribution in [0, 0.1) is 0 Å². The fraction of sp³-hybridized carbons (Fsp3) is 0.308. The Labute approximate surface area is 116 Å². The topological polar surface area (TPSA) is 92.3 Å². The Morgan fingerprint density at radius 1 is 1.35 bits per heavy atom. The van der Waals surface area contributed by atoms with E-state index >= 15 is 0 Å². The lowest BCUT2D eigenvalue weighted by molar-refractivity contribution is 0.0586. The van der Waals surface area contributed by atoms with Crippen LogP contribution in [0.5, 0.6) is 5.75 Å². The number of benzene rings is 1. The Morgan fingerprint density at radius 2 is 2.05 bits per heavy atom. The molecule has 0 saturated carbocycles. The molecular formula is C13H16N4O3. The van der Waals surface area contributed by atoms with Gasteiger partial charge in [-0.2, -0.15) is 0 Å². The smallest absolute Gasteiger partial charge is 0.377 e. The molecule has 20 heavy (non-hydrogen) atoms. The van der Waals surface area contributed by atoms with Gasteiger partial charge in [0.2, 0.25) is 0 Å². The van der Waals surface area contributed by atoms with Crippen LogP contribution in [0.25, 0.3) is 0 Å². The first-order valence-corrected chi connectivity index (χ1v) is 6.03. The minimum atomic E-state index is -0.575. The van der Waals surface area contributed by atoms with Gasteiger partial charge in [-0.1, -0.05) is 12.1 Å². The summed E-state index contributed by atoms with van der Waals surface area (Å²) in [4.78, 5) is 15.3. The van der Waals surface area contributed by atoms with Crippen LogP contribution >= 0.6 is 0 Å². The van der Waals surface area contributed by atoms with Gasteiger partial charge in [0, 0.05) is 6.54 Å². The van der Waals surface area contributed by atoms with Gasteiger partial charge < -0.3 is 15.2 Å². The van der Waals surface area contributed by atoms with E-state index in [0.717, 1.165) is 11.3 Å². The summed E-state index contributed by atoms with van der Waals surface area (Å²) in [5.74, 6) is 0.201. The molecule has 2 rings (SSSR count). The van der Waals surface area contributed by atoms with Gasteiger partial charge in [-0.15, -0.1) is 5.10 Å². The third-order valence-electron chi connectivity index (χ3n) is 2.92. The van der Waals surface area contributed by atoms with Crippen molar-refractivity contribution in [3.8, 4) is 5.75 Å². The van der Waals surface area contributed by atoms with Crippen molar-refractivity contribution in [2.75, 3.05) is 20.8 Å². The Bertz CT molecular complexity index is 580. The average molecular weight is 276 g/mol. The van der Waals surface area contributed by atoms with Crippen LogP contribution in [-0.2, 0) is 4.74 Å². The van der Waals surface area contributed by atoms with Crippen LogP contribution in [0.4, 0.5) is 0 Å². The van der Waals surface area contributed by atoms with Gasteiger partial charge in [-0.3, -0.25) is 0 Å². The molecule has 0 aliphatic rings. The fourth-order valence-corrected chi connectivity index (χ4v) is 1.83. The van der Waals surface area contributed by atoms with E-state index in [1.54, 1.807) is 11.8 Å². The first-order chi connectivity index (χ1) is 9.69. The largest absolute Gasteiger partial charge is 0.497 e. The Balaban J connectivity index is 2.26. The Hall–Kier alpha value is -2.41. The number of nitrogens with two attached hydrogens (primary N) is 1. The molecule has 0 amide bonds. The summed E-state index contributed by atoms with van der Waals surface area (Å²) in [7, 11) is 2.89. The maximum absolute atomic E-state index is 11.3. The van der Waals surface area contributed by atoms with Crippen molar-refractivity contribution in [2.24, 2.45) is 5.73 Å². The van der Waals surface area contributed by atoms with Gasteiger partial charge in [0.15, 0.2) is 0 Å². The second-order valence-corrected chi connectivity index (χ2v) is 4.06. The number of carbonyl (C=O) groups is 1. The molecule has 0 saturated heterocycles. The van der Waals surface area contributed by atoms with Gasteiger partial charge in [0.25, 0.3) is 5.82 Å². The number of hydrogen-bond donors (Lipinski definition) is 1. The van der Waals surface area contributed by atoms with E-state index < -0.39 is 5.97 Å². The molecule has 2 N–H and O–H groups in total. The highest BCUT2D eigenvalue weighted by Crippen LogP contribution is 2.19. The summed E-state index contributed by atoms with van der Waals surface area (Å²) in [5, 5.41) is 4.09. The normalized spacial score (nSPS) is 11.9. The third-order valence-corrected chi connectivity index (χ3v) is 2.92. The van der Waals surface area contributed by atoms with Crippen LogP contribution in [0.15, 0.2) is 30.6 Å². The predicted molar refractivity (Wildman–Crippen MR) is 71.5 cm³/mol. The molecule has 1 atom stereocenters. The minimum Gasteiger partial charge on any atom is -0.497 e. The second kappa shape index (κ2) is 6.16. The van der Waals surface area contributed by atoms with Crippen molar-refractivity contribution < 1.29 is 14.3 Å². The van der Waals surface area contributed by atoms with Gasteiger partial charge in [0.1, 0.15) is 12.1 Å². The molecule has 106 valence electrons. The number of esters is 1. The van der Waals surface area contributed by atoms with Crippen LogP contribution in [-0.4, -0.2) is 41.5 Å². The highest BCUT2D eigenvalue weighted by atomic mass is 16.5. The van der Waals surface area contributed by atoms with Crippen LogP contribution < -0.4 is 10.5 Å². The van der Waals surface area contributed by atoms with Gasteiger partial charge >= 0.3 is 5.97 Å². The molecule has 1 aromatic heterocycles. The number of nitrogens with zero attached hydrogens (tertiary/aromatic N) is 3. The van der Waals surface area contributed by atoms with E-state index in [4.69, 9.17) is 10.5 Å². The summed E-state index contributed by atoms with van der Waals surface area (Å²) >= 11 is 0. The molecule has 0 fully saturated rings. The molecular weight excluding hydrogens is 260 g/mol. The highest BCUT2D eigenvalue weighted by Gasteiger charge is 2.17. The summed E-state index contributed by atoms with van der Waals surface area (Å²) in [6.07, 6.45) is 1.47. The van der Waals surface area contributed by atoms with E-state index in [1.807, 2.05) is 24.3 Å². The minimum absolute atomic E-state index is 0.0134. The molecule has 0 aliphatic carbocycles. The molecule has 7 nitrogen and oxygen atoms in total. The van der Waals surface area contributed by atoms with Crippen molar-refractivity contribution >= 4 is 5.97 Å². The zero-order valence-corrected chi connectivity index (χ0v) is 11.3. The molecule has 7 heteroatoms. The van der Waals surface area contributed by atoms with Crippen LogP contribution in [0.3, 0.4) is 0 Å². The second-order valence-electron chi connectivity index (χ2n) is 4.06. The maximum Gasteiger partial charge on any atom is 0.377 e. The zero-order chi connectivity index (χ0) is 14.5. The molecule has 1 unspecified atom stereocenters. The van der Waals surface area contributed by atoms with Gasteiger partial charge in [-0.25, -0.2) is 14.5 Å². The number of carbonyl (C=O) groups excluding carboxylic acids is 1. The van der Waals surface area contributed by atoms with E-state index in [1.165, 1.54) is 13.4 Å². The van der Waals surface area contributed by atoms with E-state index in [2.05, 4.69) is 14.8 Å². The number of hydrogen-bond acceptors (Lipinski definition) is 6. The molecule has 0 spiro atoms. The molecule has 1 heterocycles. The standard InChI is InChI=1S/C13H16N4O3/c1-19-10-5-3-9(4-6-10)11(7-14)17-8-15-12(16-17)13(18)20-2/h3-6,8,11H,7,14H2,1-2H3. The quantitative estimate of drug-likeness (QED) is 0.805. The van der Waals surface area contributed by atoms with Crippen molar-refractivity contribution in [2.45, 2.75) is 6.04 Å². The fourth-order valence-electron chi connectivity index (χ4n) is 1.83. The molecule has 0 radical (unpaired) electrons. The number of aromatic nitrogens is 3. The van der Waals surface area contributed by atoms with Crippen molar-refractivity contribution in [1.29, 1.82) is 0 Å². The summed E-state index contributed by atoms with van der Waals surface area (Å²) in [5.41, 5.74) is 6.74. The van der Waals surface area contributed by atoms with Crippen molar-refractivity contribution in [3.63, 3.8) is 0 Å². The zero-order valence-electron chi connectivity index (χ0n) is 11.3. The average Bonchev–Trinajstić information content (AvgIpc) is 2.97. The Kier molecular flexibility index (Phi) is 4.31. The lowest BCUT2D eigenvalue weighted by atomic mass is 10.1. The monoisotopic (exact) mass is 276 g/mol. The maximum atomic E-state index is 11.3. The lowest BCUT2D eigenvalue weighted by Gasteiger charge is -2.15. The van der Waals surface area contributed by atoms with Crippen molar-refractivity contribution in [1.82, 2.24) is 14.8 Å². The van der Waals surface area contributed by atoms with Gasteiger partial charge in [-0.05, 0) is 17.7 Å². The summed E-state index contributed by atoms with van der Waals surface area (Å²) in [6.45, 7) is 0.330. The molecule has 0 bridgehead atoms. The lowest BCUT2D eigenvalue weighted by Crippen LogP contribution is -2.21. The van der Waals surface area contributed by atoms with Crippen molar-refractivity contribution in [3.05, 3.63) is 42.0 Å². The molecule has 1 aromatic carbocycles. The highest BCUT2D eigenvalue weighted by molar-refractivity contribution is 5.84. The number of ether oxygens (including phenoxy) is 2. The van der Waals surface area contributed by atoms with Crippen LogP contribution in [0.1, 0.15) is 22.2 Å². The SMILES string of the molecule is COC(=O)c1ncn(C(CN)c2ccc(OC)cc2)n1. The van der Waals surface area contributed by atoms with E-state index in [0.29, 0.717) is 6.54 Å².